The molecule has 0 aliphatic rings. The largest absolute Gasteiger partial charge is 0.308 e. The van der Waals surface area contributed by atoms with Crippen molar-refractivity contribution in [3.8, 4) is 17.2 Å². The smallest absolute Gasteiger partial charge is 0.0991 e. The first kappa shape index (κ1) is 18.5. The summed E-state index contributed by atoms with van der Waals surface area (Å²) in [6.07, 6.45) is 0. The molecule has 35 heavy (non-hydrogen) atoms. The molecular formula is C33H18N2. The van der Waals surface area contributed by atoms with Gasteiger partial charge in [0.1, 0.15) is 0 Å². The van der Waals surface area contributed by atoms with E-state index < -0.39 is 0 Å². The van der Waals surface area contributed by atoms with Gasteiger partial charge in [-0.1, -0.05) is 60.7 Å². The molecule has 0 saturated heterocycles. The van der Waals surface area contributed by atoms with Gasteiger partial charge in [0, 0.05) is 21.5 Å². The van der Waals surface area contributed by atoms with Crippen molar-refractivity contribution in [3.05, 3.63) is 115 Å². The summed E-state index contributed by atoms with van der Waals surface area (Å²) in [7, 11) is 0. The summed E-state index contributed by atoms with van der Waals surface area (Å²) >= 11 is 0. The number of benzene rings is 6. The minimum Gasteiger partial charge on any atom is -0.308 e. The Bertz CT molecular complexity index is 2030. The molecule has 2 aromatic heterocycles. The summed E-state index contributed by atoms with van der Waals surface area (Å²) < 4.78 is 2.46. The van der Waals surface area contributed by atoms with Gasteiger partial charge in [0.25, 0.3) is 0 Å². The summed E-state index contributed by atoms with van der Waals surface area (Å²) in [5.41, 5.74) is 6.73. The Morgan fingerprint density at radius 1 is 0.486 bits per heavy atom. The summed E-state index contributed by atoms with van der Waals surface area (Å²) in [5.74, 6) is 0. The SMILES string of the molecule is N#Cc1ccc(-c2cc3c4cc5ccccc5cc4n4c5cc6ccccc6cc5c(c2)c34)cc1. The molecule has 0 spiro atoms. The molecule has 0 saturated carbocycles. The van der Waals surface area contributed by atoms with E-state index in [2.05, 4.69) is 108 Å². The van der Waals surface area contributed by atoms with Crippen molar-refractivity contribution in [3.63, 3.8) is 0 Å². The lowest BCUT2D eigenvalue weighted by Crippen LogP contribution is -1.82. The van der Waals surface area contributed by atoms with Crippen LogP contribution in [0.2, 0.25) is 0 Å². The average molecular weight is 443 g/mol. The Kier molecular flexibility index (Phi) is 3.49. The maximum absolute atomic E-state index is 9.25. The summed E-state index contributed by atoms with van der Waals surface area (Å²) in [4.78, 5) is 0. The zero-order valence-corrected chi connectivity index (χ0v) is 18.8. The molecular weight excluding hydrogens is 424 g/mol. The van der Waals surface area contributed by atoms with E-state index in [0.29, 0.717) is 5.56 Å². The molecule has 0 N–H and O–H groups in total. The molecule has 2 heterocycles. The van der Waals surface area contributed by atoms with Crippen LogP contribution >= 0.6 is 0 Å². The molecule has 0 atom stereocenters. The van der Waals surface area contributed by atoms with Gasteiger partial charge in [-0.25, -0.2) is 0 Å². The molecule has 8 rings (SSSR count). The molecule has 0 aliphatic carbocycles. The van der Waals surface area contributed by atoms with Crippen LogP contribution in [0.5, 0.6) is 0 Å². The van der Waals surface area contributed by atoms with Gasteiger partial charge in [-0.2, -0.15) is 5.26 Å². The lowest BCUT2D eigenvalue weighted by Gasteiger charge is -2.05. The van der Waals surface area contributed by atoms with Crippen molar-refractivity contribution in [2.45, 2.75) is 0 Å². The highest BCUT2D eigenvalue weighted by Crippen LogP contribution is 2.43. The van der Waals surface area contributed by atoms with Gasteiger partial charge in [-0.3, -0.25) is 0 Å². The van der Waals surface area contributed by atoms with E-state index in [1.54, 1.807) is 0 Å². The van der Waals surface area contributed by atoms with Gasteiger partial charge in [-0.05, 0) is 81.2 Å². The van der Waals surface area contributed by atoms with E-state index in [-0.39, 0.29) is 0 Å². The van der Waals surface area contributed by atoms with Crippen LogP contribution in [0.25, 0.3) is 70.8 Å². The number of nitriles is 1. The summed E-state index contributed by atoms with van der Waals surface area (Å²) in [6.45, 7) is 0. The van der Waals surface area contributed by atoms with E-state index in [4.69, 9.17) is 0 Å². The topological polar surface area (TPSA) is 28.2 Å². The van der Waals surface area contributed by atoms with Gasteiger partial charge in [0.05, 0.1) is 28.2 Å². The van der Waals surface area contributed by atoms with Gasteiger partial charge in [-0.15, -0.1) is 0 Å². The van der Waals surface area contributed by atoms with Crippen LogP contribution in [0.15, 0.2) is 109 Å². The second-order valence-electron chi connectivity index (χ2n) is 9.38. The van der Waals surface area contributed by atoms with Crippen molar-refractivity contribution in [2.24, 2.45) is 0 Å². The van der Waals surface area contributed by atoms with E-state index in [0.717, 1.165) is 5.56 Å². The Labute approximate surface area is 201 Å². The number of hydrogen-bond donors (Lipinski definition) is 0. The molecule has 0 fully saturated rings. The van der Waals surface area contributed by atoms with Gasteiger partial charge in [0.15, 0.2) is 0 Å². The molecule has 2 heteroatoms. The third-order valence-electron chi connectivity index (χ3n) is 7.47. The molecule has 0 bridgehead atoms. The van der Waals surface area contributed by atoms with Crippen molar-refractivity contribution < 1.29 is 0 Å². The highest BCUT2D eigenvalue weighted by atomic mass is 14.9. The van der Waals surface area contributed by atoms with E-state index in [1.807, 2.05) is 12.1 Å². The maximum atomic E-state index is 9.25. The first-order valence-electron chi connectivity index (χ1n) is 11.8. The van der Waals surface area contributed by atoms with Crippen molar-refractivity contribution >= 4 is 59.6 Å². The van der Waals surface area contributed by atoms with Crippen LogP contribution in [0.4, 0.5) is 0 Å². The van der Waals surface area contributed by atoms with Crippen LogP contribution in [0.3, 0.4) is 0 Å². The average Bonchev–Trinajstić information content (AvgIpc) is 3.41. The van der Waals surface area contributed by atoms with E-state index in [1.165, 1.54) is 65.2 Å². The molecule has 160 valence electrons. The second kappa shape index (κ2) is 6.59. The normalized spacial score (nSPS) is 12.0. The van der Waals surface area contributed by atoms with Crippen LogP contribution in [-0.2, 0) is 0 Å². The minimum atomic E-state index is 0.680. The molecule has 6 aromatic carbocycles. The van der Waals surface area contributed by atoms with Gasteiger partial charge >= 0.3 is 0 Å². The van der Waals surface area contributed by atoms with Crippen molar-refractivity contribution in [1.82, 2.24) is 4.40 Å². The predicted octanol–water partition coefficient (Wildman–Crippen LogP) is 8.68. The third kappa shape index (κ3) is 2.47. The number of hydrogen-bond acceptors (Lipinski definition) is 1. The molecule has 2 nitrogen and oxygen atoms in total. The number of aromatic nitrogens is 1. The predicted molar refractivity (Wildman–Crippen MR) is 146 cm³/mol. The quantitative estimate of drug-likeness (QED) is 0.250. The lowest BCUT2D eigenvalue weighted by atomic mass is 9.97. The fourth-order valence-electron chi connectivity index (χ4n) is 5.82. The zero-order valence-electron chi connectivity index (χ0n) is 18.8. The number of rotatable bonds is 1. The Morgan fingerprint density at radius 2 is 0.971 bits per heavy atom. The molecule has 0 aliphatic heterocycles. The van der Waals surface area contributed by atoms with Crippen LogP contribution in [0.1, 0.15) is 5.56 Å². The summed E-state index contributed by atoms with van der Waals surface area (Å²) in [5, 5.41) is 19.3. The fourth-order valence-corrected chi connectivity index (χ4v) is 5.82. The first-order valence-corrected chi connectivity index (χ1v) is 11.8. The third-order valence-corrected chi connectivity index (χ3v) is 7.47. The standard InChI is InChI=1S/C33H18N2/c34-19-20-9-11-21(12-10-20)26-15-29-27-13-22-5-1-3-7-24(22)17-31(27)35-32-18-25-8-4-2-6-23(25)14-28(32)30(16-26)33(29)35/h1-18H. The Balaban J connectivity index is 1.60. The second-order valence-corrected chi connectivity index (χ2v) is 9.38. The van der Waals surface area contributed by atoms with E-state index >= 15 is 0 Å². The maximum Gasteiger partial charge on any atom is 0.0991 e. The number of fused-ring (bicyclic) bond motifs is 8. The monoisotopic (exact) mass is 442 g/mol. The Hall–Kier alpha value is -4.87. The van der Waals surface area contributed by atoms with Crippen molar-refractivity contribution in [1.29, 1.82) is 5.26 Å². The highest BCUT2D eigenvalue weighted by Gasteiger charge is 2.20. The lowest BCUT2D eigenvalue weighted by molar-refractivity contribution is 1.38. The van der Waals surface area contributed by atoms with E-state index in [9.17, 15) is 5.26 Å². The highest BCUT2D eigenvalue weighted by molar-refractivity contribution is 6.26. The summed E-state index contributed by atoms with van der Waals surface area (Å²) in [6, 6.07) is 41.3. The van der Waals surface area contributed by atoms with Crippen LogP contribution in [0, 0.1) is 11.3 Å². The fraction of sp³-hybridized carbons (Fsp3) is 0. The first-order chi connectivity index (χ1) is 17.3. The number of nitrogens with zero attached hydrogens (tertiary/aromatic N) is 2. The molecule has 0 radical (unpaired) electrons. The molecule has 8 aromatic rings. The molecule has 0 unspecified atom stereocenters. The zero-order chi connectivity index (χ0) is 23.1. The molecule has 0 amide bonds. The van der Waals surface area contributed by atoms with Crippen LogP contribution < -0.4 is 0 Å². The van der Waals surface area contributed by atoms with Gasteiger partial charge < -0.3 is 4.40 Å². The van der Waals surface area contributed by atoms with Crippen molar-refractivity contribution in [2.75, 3.05) is 0 Å². The minimum absolute atomic E-state index is 0.680. The van der Waals surface area contributed by atoms with Crippen LogP contribution in [-0.4, -0.2) is 4.40 Å². The Morgan fingerprint density at radius 3 is 1.46 bits per heavy atom. The van der Waals surface area contributed by atoms with Gasteiger partial charge in [0.2, 0.25) is 0 Å².